The molecule has 1 aliphatic carbocycles. The van der Waals surface area contributed by atoms with Gasteiger partial charge in [0.1, 0.15) is 5.69 Å². The molecule has 0 bridgehead atoms. The van der Waals surface area contributed by atoms with Crippen molar-refractivity contribution in [3.63, 3.8) is 0 Å². The van der Waals surface area contributed by atoms with Crippen LogP contribution < -0.4 is 5.32 Å². The van der Waals surface area contributed by atoms with E-state index >= 15 is 0 Å². The Hall–Kier alpha value is -1.66. The lowest BCUT2D eigenvalue weighted by Gasteiger charge is -2.29. The average Bonchev–Trinajstić information content (AvgIpc) is 2.83. The minimum absolute atomic E-state index is 0.0393. The van der Waals surface area contributed by atoms with Gasteiger partial charge in [0.05, 0.1) is 13.2 Å². The summed E-state index contributed by atoms with van der Waals surface area (Å²) in [7, 11) is 0. The number of amides is 1. The fraction of sp³-hybridized carbons (Fsp3) is 0.684. The topological polar surface area (TPSA) is 74.4 Å². The largest absolute Gasteiger partial charge is 0.379 e. The Labute approximate surface area is 149 Å². The Bertz CT molecular complexity index is 672. The zero-order chi connectivity index (χ0) is 18.2. The van der Waals surface area contributed by atoms with Crippen molar-refractivity contribution in [3.8, 4) is 0 Å². The highest BCUT2D eigenvalue weighted by molar-refractivity contribution is 6.04. The van der Waals surface area contributed by atoms with Crippen LogP contribution >= 0.6 is 0 Å². The van der Waals surface area contributed by atoms with Gasteiger partial charge in [-0.1, -0.05) is 13.8 Å². The number of hydrogen-bond acceptors (Lipinski definition) is 4. The van der Waals surface area contributed by atoms with Gasteiger partial charge < -0.3 is 15.0 Å². The Morgan fingerprint density at radius 1 is 1.32 bits per heavy atom. The number of Topliss-reactive ketones (excluding diaryl/α,β-unsaturated/α-hetero) is 1. The number of carbonyl (C=O) groups is 2. The number of rotatable bonds is 4. The van der Waals surface area contributed by atoms with Crippen molar-refractivity contribution in [2.75, 3.05) is 32.8 Å². The van der Waals surface area contributed by atoms with Gasteiger partial charge in [-0.25, -0.2) is 0 Å². The van der Waals surface area contributed by atoms with E-state index in [1.165, 1.54) is 0 Å². The number of nitrogens with one attached hydrogen (secondary N) is 2. The molecule has 2 N–H and O–H groups in total. The third-order valence-corrected chi connectivity index (χ3v) is 5.14. The fourth-order valence-electron chi connectivity index (χ4n) is 3.97. The summed E-state index contributed by atoms with van der Waals surface area (Å²) in [5.41, 5.74) is 2.89. The maximum Gasteiger partial charge on any atom is 0.268 e. The van der Waals surface area contributed by atoms with E-state index in [4.69, 9.17) is 4.74 Å². The average molecular weight is 347 g/mol. The van der Waals surface area contributed by atoms with E-state index in [0.717, 1.165) is 56.1 Å². The highest BCUT2D eigenvalue weighted by Gasteiger charge is 2.35. The van der Waals surface area contributed by atoms with Crippen molar-refractivity contribution in [2.45, 2.75) is 46.6 Å². The van der Waals surface area contributed by atoms with Crippen LogP contribution in [0.4, 0.5) is 0 Å². The molecule has 1 aromatic rings. The molecule has 2 heterocycles. The van der Waals surface area contributed by atoms with Gasteiger partial charge in [-0.05, 0) is 31.2 Å². The minimum atomic E-state index is -0.127. The first-order chi connectivity index (χ1) is 11.8. The number of H-pyrrole nitrogens is 1. The number of hydrogen-bond donors (Lipinski definition) is 2. The van der Waals surface area contributed by atoms with Gasteiger partial charge in [0.2, 0.25) is 0 Å². The van der Waals surface area contributed by atoms with Crippen LogP contribution in [0.15, 0.2) is 0 Å². The summed E-state index contributed by atoms with van der Waals surface area (Å²) in [6, 6.07) is 0.0393. The maximum absolute atomic E-state index is 12.7. The molecule has 0 aromatic carbocycles. The molecule has 0 spiro atoms. The van der Waals surface area contributed by atoms with Crippen molar-refractivity contribution >= 4 is 11.7 Å². The molecule has 1 saturated heterocycles. The van der Waals surface area contributed by atoms with Gasteiger partial charge in [-0.3, -0.25) is 14.5 Å². The Morgan fingerprint density at radius 3 is 2.68 bits per heavy atom. The second-order valence-corrected chi connectivity index (χ2v) is 8.21. The standard InChI is InChI=1S/C19H29N3O3/c1-12(11-22-5-7-25-8-6-22)20-18(24)17-13(2)16-14(21-17)9-19(3,4)10-15(16)23/h12,21H,5-11H2,1-4H3,(H,20,24)/t12-/m0/s1. The molecule has 6 heteroatoms. The van der Waals surface area contributed by atoms with Crippen molar-refractivity contribution in [1.82, 2.24) is 15.2 Å². The van der Waals surface area contributed by atoms with E-state index in [-0.39, 0.29) is 23.1 Å². The lowest BCUT2D eigenvalue weighted by atomic mass is 9.75. The number of ketones is 1. The summed E-state index contributed by atoms with van der Waals surface area (Å²) in [5.74, 6) is 0.0127. The smallest absolute Gasteiger partial charge is 0.268 e. The van der Waals surface area contributed by atoms with Crippen molar-refractivity contribution in [2.24, 2.45) is 5.41 Å². The van der Waals surface area contributed by atoms with Gasteiger partial charge >= 0.3 is 0 Å². The van der Waals surface area contributed by atoms with E-state index in [0.29, 0.717) is 12.1 Å². The zero-order valence-corrected chi connectivity index (χ0v) is 15.7. The molecule has 1 aromatic heterocycles. The first kappa shape index (κ1) is 18.1. The molecule has 3 rings (SSSR count). The van der Waals surface area contributed by atoms with Gasteiger partial charge in [0.25, 0.3) is 5.91 Å². The van der Waals surface area contributed by atoms with Crippen LogP contribution in [0, 0.1) is 12.3 Å². The molecule has 2 aliphatic rings. The molecule has 0 saturated carbocycles. The molecule has 6 nitrogen and oxygen atoms in total. The van der Waals surface area contributed by atoms with Crippen LogP contribution in [0.5, 0.6) is 0 Å². The van der Waals surface area contributed by atoms with Gasteiger partial charge in [-0.15, -0.1) is 0 Å². The Balaban J connectivity index is 1.69. The molecule has 0 radical (unpaired) electrons. The summed E-state index contributed by atoms with van der Waals surface area (Å²) < 4.78 is 5.35. The molecule has 0 unspecified atom stereocenters. The molecule has 1 atom stereocenters. The predicted octanol–water partition coefficient (Wildman–Crippen LogP) is 1.93. The molecular weight excluding hydrogens is 318 g/mol. The van der Waals surface area contributed by atoms with Crippen molar-refractivity contribution < 1.29 is 14.3 Å². The van der Waals surface area contributed by atoms with Crippen LogP contribution in [-0.2, 0) is 11.2 Å². The van der Waals surface area contributed by atoms with Crippen LogP contribution in [0.2, 0.25) is 0 Å². The van der Waals surface area contributed by atoms with Crippen molar-refractivity contribution in [3.05, 3.63) is 22.5 Å². The maximum atomic E-state index is 12.7. The van der Waals surface area contributed by atoms with Crippen LogP contribution in [0.1, 0.15) is 59.3 Å². The van der Waals surface area contributed by atoms with Crippen LogP contribution in [-0.4, -0.2) is 60.5 Å². The monoisotopic (exact) mass is 347 g/mol. The second-order valence-electron chi connectivity index (χ2n) is 8.21. The predicted molar refractivity (Wildman–Crippen MR) is 96.1 cm³/mol. The summed E-state index contributed by atoms with van der Waals surface area (Å²) in [6.07, 6.45) is 1.33. The highest BCUT2D eigenvalue weighted by atomic mass is 16.5. The summed E-state index contributed by atoms with van der Waals surface area (Å²) in [5, 5.41) is 3.07. The fourth-order valence-corrected chi connectivity index (χ4v) is 3.97. The molecule has 1 amide bonds. The van der Waals surface area contributed by atoms with Crippen LogP contribution in [0.3, 0.4) is 0 Å². The molecular formula is C19H29N3O3. The van der Waals surface area contributed by atoms with E-state index < -0.39 is 0 Å². The molecule has 138 valence electrons. The molecule has 25 heavy (non-hydrogen) atoms. The highest BCUT2D eigenvalue weighted by Crippen LogP contribution is 2.36. The summed E-state index contributed by atoms with van der Waals surface area (Å²) in [6.45, 7) is 12.2. The van der Waals surface area contributed by atoms with E-state index in [2.05, 4.69) is 29.0 Å². The normalized spacial score (nSPS) is 21.7. The Morgan fingerprint density at radius 2 is 2.00 bits per heavy atom. The quantitative estimate of drug-likeness (QED) is 0.873. The summed E-state index contributed by atoms with van der Waals surface area (Å²) in [4.78, 5) is 30.7. The Kier molecular flexibility index (Phi) is 5.02. The lowest BCUT2D eigenvalue weighted by molar-refractivity contribution is 0.0342. The minimum Gasteiger partial charge on any atom is -0.379 e. The third-order valence-electron chi connectivity index (χ3n) is 5.14. The zero-order valence-electron chi connectivity index (χ0n) is 15.7. The first-order valence-electron chi connectivity index (χ1n) is 9.12. The number of morpholine rings is 1. The second kappa shape index (κ2) is 6.92. The van der Waals surface area contributed by atoms with Gasteiger partial charge in [0, 0.05) is 43.4 Å². The number of aromatic nitrogens is 1. The van der Waals surface area contributed by atoms with Crippen LogP contribution in [0.25, 0.3) is 0 Å². The lowest BCUT2D eigenvalue weighted by Crippen LogP contribution is -2.46. The number of carbonyl (C=O) groups excluding carboxylic acids is 2. The number of aromatic amines is 1. The third kappa shape index (κ3) is 3.96. The van der Waals surface area contributed by atoms with E-state index in [1.807, 2.05) is 13.8 Å². The van der Waals surface area contributed by atoms with Crippen molar-refractivity contribution in [1.29, 1.82) is 0 Å². The van der Waals surface area contributed by atoms with Gasteiger partial charge in [-0.2, -0.15) is 0 Å². The first-order valence-corrected chi connectivity index (χ1v) is 9.12. The summed E-state index contributed by atoms with van der Waals surface area (Å²) >= 11 is 0. The molecule has 1 fully saturated rings. The number of ether oxygens (including phenoxy) is 1. The molecule has 1 aliphatic heterocycles. The van der Waals surface area contributed by atoms with Gasteiger partial charge in [0.15, 0.2) is 5.78 Å². The van der Waals surface area contributed by atoms with E-state index in [9.17, 15) is 9.59 Å². The number of nitrogens with zero attached hydrogens (tertiary/aromatic N) is 1. The number of fused-ring (bicyclic) bond motifs is 1. The SMILES string of the molecule is Cc1c(C(=O)N[C@@H](C)CN2CCOCC2)[nH]c2c1C(=O)CC(C)(C)C2. The van der Waals surface area contributed by atoms with E-state index in [1.54, 1.807) is 0 Å².